The second-order valence-electron chi connectivity index (χ2n) is 2.60. The third kappa shape index (κ3) is 4.59. The highest BCUT2D eigenvalue weighted by Crippen LogP contribution is 1.96. The predicted octanol–water partition coefficient (Wildman–Crippen LogP) is 1.32. The molecule has 0 aliphatic heterocycles. The minimum Gasteiger partial charge on any atom is -0.337 e. The van der Waals surface area contributed by atoms with Crippen molar-refractivity contribution >= 4 is 24.8 Å². The Hall–Kier alpha value is -0.250. The summed E-state index contributed by atoms with van der Waals surface area (Å²) >= 11 is 0. The van der Waals surface area contributed by atoms with Crippen molar-refractivity contribution in [3.8, 4) is 0 Å². The number of halogens is 2. The summed E-state index contributed by atoms with van der Waals surface area (Å²) in [7, 11) is 0. The van der Waals surface area contributed by atoms with Gasteiger partial charge in [0, 0.05) is 18.9 Å². The van der Waals surface area contributed by atoms with Crippen molar-refractivity contribution in [1.82, 2.24) is 9.55 Å². The van der Waals surface area contributed by atoms with E-state index in [-0.39, 0.29) is 24.8 Å². The van der Waals surface area contributed by atoms with Crippen molar-refractivity contribution in [2.24, 2.45) is 11.7 Å². The van der Waals surface area contributed by atoms with Gasteiger partial charge in [-0.15, -0.1) is 24.8 Å². The predicted molar refractivity (Wildman–Crippen MR) is 54.9 cm³/mol. The van der Waals surface area contributed by atoms with Gasteiger partial charge >= 0.3 is 0 Å². The van der Waals surface area contributed by atoms with E-state index in [1.165, 1.54) is 0 Å². The van der Waals surface area contributed by atoms with E-state index in [9.17, 15) is 0 Å². The molecule has 0 aliphatic carbocycles. The van der Waals surface area contributed by atoms with E-state index < -0.39 is 0 Å². The highest BCUT2D eigenvalue weighted by atomic mass is 35.5. The molecule has 1 aromatic heterocycles. The lowest BCUT2D eigenvalue weighted by Gasteiger charge is -2.07. The van der Waals surface area contributed by atoms with Crippen LogP contribution in [0.2, 0.25) is 0 Å². The Morgan fingerprint density at radius 3 is 2.58 bits per heavy atom. The van der Waals surface area contributed by atoms with Gasteiger partial charge in [-0.1, -0.05) is 6.92 Å². The van der Waals surface area contributed by atoms with E-state index in [1.807, 2.05) is 17.1 Å². The summed E-state index contributed by atoms with van der Waals surface area (Å²) in [5.74, 6) is 0.536. The Labute approximate surface area is 85.2 Å². The van der Waals surface area contributed by atoms with Crippen molar-refractivity contribution in [3.63, 3.8) is 0 Å². The third-order valence-corrected chi connectivity index (χ3v) is 1.48. The molecule has 3 nitrogen and oxygen atoms in total. The molecule has 5 heteroatoms. The zero-order valence-corrected chi connectivity index (χ0v) is 8.64. The molecular weight excluding hydrogens is 197 g/mol. The minimum absolute atomic E-state index is 0. The average Bonchev–Trinajstić information content (AvgIpc) is 2.40. The fraction of sp³-hybridized carbons (Fsp3) is 0.571. The molecule has 0 saturated heterocycles. The molecule has 0 fully saturated rings. The maximum absolute atomic E-state index is 5.45. The molecule has 0 amide bonds. The normalized spacial score (nSPS) is 11.2. The van der Waals surface area contributed by atoms with Crippen LogP contribution in [0, 0.1) is 5.92 Å². The van der Waals surface area contributed by atoms with Crippen molar-refractivity contribution in [3.05, 3.63) is 18.7 Å². The lowest BCUT2D eigenvalue weighted by Crippen LogP contribution is -2.16. The van der Waals surface area contributed by atoms with Crippen molar-refractivity contribution < 1.29 is 0 Å². The first kappa shape index (κ1) is 14.3. The van der Waals surface area contributed by atoms with Crippen LogP contribution in [-0.2, 0) is 6.54 Å². The first-order valence-corrected chi connectivity index (χ1v) is 3.48. The molecule has 2 N–H and O–H groups in total. The Morgan fingerprint density at radius 1 is 1.50 bits per heavy atom. The second kappa shape index (κ2) is 7.40. The van der Waals surface area contributed by atoms with E-state index in [0.29, 0.717) is 5.92 Å². The summed E-state index contributed by atoms with van der Waals surface area (Å²) in [6.45, 7) is 3.83. The SMILES string of the molecule is CC(CN)Cn1ccnc1.Cl.Cl. The van der Waals surface area contributed by atoms with Crippen LogP contribution in [0.1, 0.15) is 6.92 Å². The summed E-state index contributed by atoms with van der Waals surface area (Å²) in [6.07, 6.45) is 5.54. The number of rotatable bonds is 3. The summed E-state index contributed by atoms with van der Waals surface area (Å²) in [5.41, 5.74) is 5.45. The van der Waals surface area contributed by atoms with Crippen LogP contribution in [-0.4, -0.2) is 16.1 Å². The number of imidazole rings is 1. The van der Waals surface area contributed by atoms with Gasteiger partial charge in [-0.2, -0.15) is 0 Å². The lowest BCUT2D eigenvalue weighted by molar-refractivity contribution is 0.491. The van der Waals surface area contributed by atoms with Crippen molar-refractivity contribution in [2.75, 3.05) is 6.54 Å². The molecule has 0 radical (unpaired) electrons. The number of aromatic nitrogens is 2. The molecule has 0 aliphatic rings. The van der Waals surface area contributed by atoms with Crippen LogP contribution in [0.15, 0.2) is 18.7 Å². The van der Waals surface area contributed by atoms with Crippen LogP contribution in [0.3, 0.4) is 0 Å². The monoisotopic (exact) mass is 211 g/mol. The largest absolute Gasteiger partial charge is 0.337 e. The molecule has 1 atom stereocenters. The smallest absolute Gasteiger partial charge is 0.0946 e. The van der Waals surface area contributed by atoms with Gasteiger partial charge in [0.2, 0.25) is 0 Å². The number of hydrogen-bond donors (Lipinski definition) is 1. The molecule has 1 heterocycles. The van der Waals surface area contributed by atoms with E-state index in [1.54, 1.807) is 6.20 Å². The van der Waals surface area contributed by atoms with Crippen LogP contribution in [0.5, 0.6) is 0 Å². The minimum atomic E-state index is 0. The Kier molecular flexibility index (Phi) is 8.81. The number of nitrogens with two attached hydrogens (primary N) is 1. The van der Waals surface area contributed by atoms with E-state index in [0.717, 1.165) is 13.1 Å². The van der Waals surface area contributed by atoms with Gasteiger partial charge in [0.05, 0.1) is 6.33 Å². The van der Waals surface area contributed by atoms with Gasteiger partial charge in [0.15, 0.2) is 0 Å². The highest BCUT2D eigenvalue weighted by Gasteiger charge is 1.97. The standard InChI is InChI=1S/C7H13N3.2ClH/c1-7(4-8)5-10-3-2-9-6-10;;/h2-3,6-7H,4-5,8H2,1H3;2*1H. The van der Waals surface area contributed by atoms with E-state index >= 15 is 0 Å². The topological polar surface area (TPSA) is 43.8 Å². The molecule has 1 aromatic rings. The van der Waals surface area contributed by atoms with E-state index in [2.05, 4.69) is 11.9 Å². The molecule has 0 bridgehead atoms. The van der Waals surface area contributed by atoms with Gasteiger partial charge in [-0.25, -0.2) is 4.98 Å². The van der Waals surface area contributed by atoms with Crippen LogP contribution < -0.4 is 5.73 Å². The fourth-order valence-corrected chi connectivity index (χ4v) is 0.829. The van der Waals surface area contributed by atoms with Crippen molar-refractivity contribution in [1.29, 1.82) is 0 Å². The van der Waals surface area contributed by atoms with Gasteiger partial charge < -0.3 is 10.3 Å². The summed E-state index contributed by atoms with van der Waals surface area (Å²) in [6, 6.07) is 0. The number of hydrogen-bond acceptors (Lipinski definition) is 2. The summed E-state index contributed by atoms with van der Waals surface area (Å²) in [4.78, 5) is 3.93. The Bertz CT molecular complexity index is 177. The number of nitrogens with zero attached hydrogens (tertiary/aromatic N) is 2. The van der Waals surface area contributed by atoms with E-state index in [4.69, 9.17) is 5.73 Å². The molecule has 0 spiro atoms. The lowest BCUT2D eigenvalue weighted by atomic mass is 10.2. The van der Waals surface area contributed by atoms with Crippen LogP contribution in [0.4, 0.5) is 0 Å². The molecule has 1 unspecified atom stereocenters. The maximum atomic E-state index is 5.45. The first-order valence-electron chi connectivity index (χ1n) is 3.48. The zero-order valence-electron chi connectivity index (χ0n) is 7.01. The fourth-order valence-electron chi connectivity index (χ4n) is 0.829. The molecule has 12 heavy (non-hydrogen) atoms. The Morgan fingerprint density at radius 2 is 2.17 bits per heavy atom. The molecule has 72 valence electrons. The quantitative estimate of drug-likeness (QED) is 0.821. The Balaban J connectivity index is 0. The zero-order chi connectivity index (χ0) is 7.40. The van der Waals surface area contributed by atoms with Crippen LogP contribution in [0.25, 0.3) is 0 Å². The van der Waals surface area contributed by atoms with Gasteiger partial charge in [0.25, 0.3) is 0 Å². The van der Waals surface area contributed by atoms with Crippen LogP contribution >= 0.6 is 24.8 Å². The molecule has 1 rings (SSSR count). The van der Waals surface area contributed by atoms with Gasteiger partial charge in [-0.05, 0) is 12.5 Å². The first-order chi connectivity index (χ1) is 4.83. The van der Waals surface area contributed by atoms with Gasteiger partial charge in [0.1, 0.15) is 0 Å². The summed E-state index contributed by atoms with van der Waals surface area (Å²) in [5, 5.41) is 0. The molecule has 0 saturated carbocycles. The van der Waals surface area contributed by atoms with Gasteiger partial charge in [-0.3, -0.25) is 0 Å². The molecule has 0 aromatic carbocycles. The second-order valence-corrected chi connectivity index (χ2v) is 2.60. The maximum Gasteiger partial charge on any atom is 0.0946 e. The van der Waals surface area contributed by atoms with Crippen molar-refractivity contribution in [2.45, 2.75) is 13.5 Å². The summed E-state index contributed by atoms with van der Waals surface area (Å²) < 4.78 is 2.04. The highest BCUT2D eigenvalue weighted by molar-refractivity contribution is 5.85. The average molecular weight is 212 g/mol. The third-order valence-electron chi connectivity index (χ3n) is 1.48. The molecular formula is C7H15Cl2N3.